The van der Waals surface area contributed by atoms with Crippen molar-refractivity contribution in [3.8, 4) is 0 Å². The van der Waals surface area contributed by atoms with Crippen LogP contribution in [0.4, 0.5) is 0 Å². The number of hydrogen-bond acceptors (Lipinski definition) is 4. The van der Waals surface area contributed by atoms with Gasteiger partial charge in [0.15, 0.2) is 0 Å². The Labute approximate surface area is 85.6 Å². The molecule has 0 amide bonds. The molecule has 0 radical (unpaired) electrons. The molecule has 0 aromatic rings. The number of ether oxygens (including phenoxy) is 1. The average Bonchev–Trinajstić information content (AvgIpc) is 2.18. The van der Waals surface area contributed by atoms with Gasteiger partial charge in [-0.1, -0.05) is 6.92 Å². The summed E-state index contributed by atoms with van der Waals surface area (Å²) in [5, 5.41) is 12.2. The van der Waals surface area contributed by atoms with Crippen molar-refractivity contribution in [1.82, 2.24) is 5.32 Å². The Morgan fingerprint density at radius 1 is 1.50 bits per heavy atom. The Hall–Kier alpha value is -0.610. The molecule has 1 atom stereocenters. The fourth-order valence-corrected chi connectivity index (χ4v) is 0.992. The lowest BCUT2D eigenvalue weighted by molar-refractivity contribution is -0.143. The highest BCUT2D eigenvalue weighted by Crippen LogP contribution is 2.07. The summed E-state index contributed by atoms with van der Waals surface area (Å²) in [7, 11) is 0. The van der Waals surface area contributed by atoms with Crippen LogP contribution in [-0.4, -0.2) is 36.4 Å². The Bertz CT molecular complexity index is 167. The molecule has 0 aliphatic heterocycles. The smallest absolute Gasteiger partial charge is 0.307 e. The van der Waals surface area contributed by atoms with E-state index in [4.69, 9.17) is 9.84 Å². The SMILES string of the molecule is CCOC(=O)CCNC(C)(CC)CO. The normalized spacial score (nSPS) is 14.9. The first-order valence-electron chi connectivity index (χ1n) is 5.09. The molecular weight excluding hydrogens is 182 g/mol. The van der Waals surface area contributed by atoms with Gasteiger partial charge in [0, 0.05) is 12.1 Å². The van der Waals surface area contributed by atoms with E-state index in [1.165, 1.54) is 0 Å². The highest BCUT2D eigenvalue weighted by Gasteiger charge is 2.19. The van der Waals surface area contributed by atoms with Crippen molar-refractivity contribution in [2.45, 2.75) is 39.2 Å². The molecule has 0 saturated carbocycles. The van der Waals surface area contributed by atoms with Gasteiger partial charge >= 0.3 is 5.97 Å². The standard InChI is InChI=1S/C10H21NO3/c1-4-10(3,8-12)11-7-6-9(13)14-5-2/h11-12H,4-8H2,1-3H3. The molecule has 4 nitrogen and oxygen atoms in total. The molecule has 0 aromatic carbocycles. The van der Waals surface area contributed by atoms with E-state index < -0.39 is 0 Å². The van der Waals surface area contributed by atoms with Gasteiger partial charge in [0.25, 0.3) is 0 Å². The van der Waals surface area contributed by atoms with Crippen LogP contribution < -0.4 is 5.32 Å². The third kappa shape index (κ3) is 5.19. The Balaban J connectivity index is 3.66. The summed E-state index contributed by atoms with van der Waals surface area (Å²) in [6, 6.07) is 0. The van der Waals surface area contributed by atoms with Gasteiger partial charge in [-0.25, -0.2) is 0 Å². The summed E-state index contributed by atoms with van der Waals surface area (Å²) in [5.41, 5.74) is -0.285. The maximum atomic E-state index is 11.0. The van der Waals surface area contributed by atoms with E-state index >= 15 is 0 Å². The number of esters is 1. The lowest BCUT2D eigenvalue weighted by atomic mass is 10.0. The van der Waals surface area contributed by atoms with Crippen LogP contribution in [0.5, 0.6) is 0 Å². The minimum Gasteiger partial charge on any atom is -0.466 e. The summed E-state index contributed by atoms with van der Waals surface area (Å²) in [5.74, 6) is -0.198. The van der Waals surface area contributed by atoms with E-state index in [0.29, 0.717) is 19.6 Å². The van der Waals surface area contributed by atoms with Crippen molar-refractivity contribution in [2.24, 2.45) is 0 Å². The van der Waals surface area contributed by atoms with Crippen molar-refractivity contribution in [3.05, 3.63) is 0 Å². The number of rotatable bonds is 7. The molecule has 0 aliphatic rings. The molecule has 2 N–H and O–H groups in total. The first kappa shape index (κ1) is 13.4. The number of aliphatic hydroxyl groups excluding tert-OH is 1. The first-order valence-corrected chi connectivity index (χ1v) is 5.09. The van der Waals surface area contributed by atoms with E-state index in [0.717, 1.165) is 6.42 Å². The van der Waals surface area contributed by atoms with Gasteiger partial charge in [-0.2, -0.15) is 0 Å². The molecule has 4 heteroatoms. The number of aliphatic hydroxyl groups is 1. The zero-order valence-corrected chi connectivity index (χ0v) is 9.30. The molecule has 0 saturated heterocycles. The highest BCUT2D eigenvalue weighted by molar-refractivity contribution is 5.69. The van der Waals surface area contributed by atoms with Crippen molar-refractivity contribution >= 4 is 5.97 Å². The van der Waals surface area contributed by atoms with Crippen LogP contribution >= 0.6 is 0 Å². The Morgan fingerprint density at radius 3 is 2.57 bits per heavy atom. The third-order valence-electron chi connectivity index (χ3n) is 2.32. The summed E-state index contributed by atoms with van der Waals surface area (Å²) in [4.78, 5) is 11.0. The van der Waals surface area contributed by atoms with Gasteiger partial charge in [0.2, 0.25) is 0 Å². The molecule has 1 unspecified atom stereocenters. The van der Waals surface area contributed by atoms with Crippen molar-refractivity contribution in [1.29, 1.82) is 0 Å². The van der Waals surface area contributed by atoms with Crippen LogP contribution in [0.1, 0.15) is 33.6 Å². The number of hydrogen-bond donors (Lipinski definition) is 2. The van der Waals surface area contributed by atoms with E-state index in [1.54, 1.807) is 6.92 Å². The van der Waals surface area contributed by atoms with Crippen molar-refractivity contribution < 1.29 is 14.6 Å². The topological polar surface area (TPSA) is 58.6 Å². The van der Waals surface area contributed by atoms with Gasteiger partial charge < -0.3 is 15.2 Å². The molecule has 0 rings (SSSR count). The van der Waals surface area contributed by atoms with Crippen molar-refractivity contribution in [2.75, 3.05) is 19.8 Å². The van der Waals surface area contributed by atoms with Gasteiger partial charge in [-0.15, -0.1) is 0 Å². The lowest BCUT2D eigenvalue weighted by Crippen LogP contribution is -2.45. The summed E-state index contributed by atoms with van der Waals surface area (Å²) in [6.07, 6.45) is 1.18. The molecule has 0 aliphatic carbocycles. The maximum absolute atomic E-state index is 11.0. The summed E-state index contributed by atoms with van der Waals surface area (Å²) >= 11 is 0. The van der Waals surface area contributed by atoms with Crippen LogP contribution in [-0.2, 0) is 9.53 Å². The number of carbonyl (C=O) groups is 1. The number of nitrogens with one attached hydrogen (secondary N) is 1. The highest BCUT2D eigenvalue weighted by atomic mass is 16.5. The fraction of sp³-hybridized carbons (Fsp3) is 0.900. The molecule has 84 valence electrons. The second kappa shape index (κ2) is 6.79. The van der Waals surface area contributed by atoms with Crippen LogP contribution in [0, 0.1) is 0 Å². The molecule has 0 heterocycles. The first-order chi connectivity index (χ1) is 6.58. The minimum absolute atomic E-state index is 0.0757. The van der Waals surface area contributed by atoms with E-state index in [1.807, 2.05) is 13.8 Å². The van der Waals surface area contributed by atoms with Crippen molar-refractivity contribution in [3.63, 3.8) is 0 Å². The molecule has 14 heavy (non-hydrogen) atoms. The zero-order valence-electron chi connectivity index (χ0n) is 9.30. The fourth-order valence-electron chi connectivity index (χ4n) is 0.992. The van der Waals surface area contributed by atoms with E-state index in [2.05, 4.69) is 5.32 Å². The lowest BCUT2D eigenvalue weighted by Gasteiger charge is -2.27. The molecule has 0 fully saturated rings. The van der Waals surface area contributed by atoms with Crippen LogP contribution in [0.25, 0.3) is 0 Å². The quantitative estimate of drug-likeness (QED) is 0.598. The van der Waals surface area contributed by atoms with E-state index in [9.17, 15) is 4.79 Å². The molecule has 0 bridgehead atoms. The maximum Gasteiger partial charge on any atom is 0.307 e. The number of carbonyl (C=O) groups excluding carboxylic acids is 1. The minimum atomic E-state index is -0.285. The predicted octanol–water partition coefficient (Wildman–Crippen LogP) is 0.690. The van der Waals surface area contributed by atoms with Gasteiger partial charge in [0.05, 0.1) is 19.6 Å². The second-order valence-electron chi connectivity index (χ2n) is 3.55. The molecular formula is C10H21NO3. The van der Waals surface area contributed by atoms with Gasteiger partial charge in [-0.05, 0) is 20.3 Å². The largest absolute Gasteiger partial charge is 0.466 e. The summed E-state index contributed by atoms with van der Waals surface area (Å²) < 4.78 is 4.78. The Morgan fingerprint density at radius 2 is 2.14 bits per heavy atom. The average molecular weight is 203 g/mol. The van der Waals surface area contributed by atoms with Gasteiger partial charge in [-0.3, -0.25) is 4.79 Å². The Kier molecular flexibility index (Phi) is 6.49. The molecule has 0 spiro atoms. The second-order valence-corrected chi connectivity index (χ2v) is 3.55. The van der Waals surface area contributed by atoms with Crippen LogP contribution in [0.3, 0.4) is 0 Å². The van der Waals surface area contributed by atoms with Crippen LogP contribution in [0.2, 0.25) is 0 Å². The molecule has 0 aromatic heterocycles. The third-order valence-corrected chi connectivity index (χ3v) is 2.32. The monoisotopic (exact) mass is 203 g/mol. The zero-order chi connectivity index (χ0) is 11.0. The van der Waals surface area contributed by atoms with Crippen LogP contribution in [0.15, 0.2) is 0 Å². The van der Waals surface area contributed by atoms with E-state index in [-0.39, 0.29) is 18.1 Å². The summed E-state index contributed by atoms with van der Waals surface area (Å²) in [6.45, 7) is 6.75. The van der Waals surface area contributed by atoms with Gasteiger partial charge in [0.1, 0.15) is 0 Å². The predicted molar refractivity (Wildman–Crippen MR) is 55.0 cm³/mol.